The van der Waals surface area contributed by atoms with Crippen LogP contribution in [0.15, 0.2) is 73.1 Å². The molecule has 1 aromatic heterocycles. The van der Waals surface area contributed by atoms with Gasteiger partial charge in [-0.1, -0.05) is 12.1 Å². The number of aromatic nitrogens is 2. The van der Waals surface area contributed by atoms with Gasteiger partial charge in [-0.2, -0.15) is 0 Å². The number of benzene rings is 3. The summed E-state index contributed by atoms with van der Waals surface area (Å²) in [6.07, 6.45) is -2.57. The van der Waals surface area contributed by atoms with Crippen molar-refractivity contribution in [2.24, 2.45) is 0 Å². The average Bonchev–Trinajstić information content (AvgIpc) is 3.26. The summed E-state index contributed by atoms with van der Waals surface area (Å²) in [4.78, 5) is 16.6. The van der Waals surface area contributed by atoms with Gasteiger partial charge in [0.2, 0.25) is 0 Å². The van der Waals surface area contributed by atoms with E-state index < -0.39 is 6.36 Å². The second kappa shape index (κ2) is 10.5. The Balaban J connectivity index is 1.39. The van der Waals surface area contributed by atoms with Crippen molar-refractivity contribution >= 4 is 16.9 Å². The Kier molecular flexibility index (Phi) is 7.21. The Morgan fingerprint density at radius 2 is 1.71 bits per heavy atom. The molecule has 0 saturated heterocycles. The number of rotatable bonds is 9. The summed E-state index contributed by atoms with van der Waals surface area (Å²) >= 11 is 0. The Bertz CT molecular complexity index is 1290. The molecule has 1 heterocycles. The molecule has 0 aliphatic carbocycles. The van der Waals surface area contributed by atoms with Gasteiger partial charge in [-0.3, -0.25) is 9.36 Å². The molecule has 3 aromatic carbocycles. The van der Waals surface area contributed by atoms with E-state index in [-0.39, 0.29) is 24.9 Å². The molecule has 10 heteroatoms. The van der Waals surface area contributed by atoms with E-state index in [0.717, 1.165) is 11.2 Å². The van der Waals surface area contributed by atoms with Crippen molar-refractivity contribution in [3.63, 3.8) is 0 Å². The molecule has 4 rings (SSSR count). The number of alkyl halides is 3. The van der Waals surface area contributed by atoms with Crippen LogP contribution in [0.25, 0.3) is 16.7 Å². The number of nitrogens with one attached hydrogen (secondary N) is 1. The van der Waals surface area contributed by atoms with E-state index in [0.29, 0.717) is 35.4 Å². The van der Waals surface area contributed by atoms with E-state index in [1.165, 1.54) is 24.3 Å². The highest BCUT2D eigenvalue weighted by Gasteiger charge is 2.30. The summed E-state index contributed by atoms with van der Waals surface area (Å²) in [5, 5.41) is 11.6. The molecular formula is C25H22F3N3O4. The highest BCUT2D eigenvalue weighted by molar-refractivity contribution is 5.97. The number of ether oxygens (including phenoxy) is 2. The predicted octanol–water partition coefficient (Wildman–Crippen LogP) is 4.62. The van der Waals surface area contributed by atoms with E-state index in [1.807, 2.05) is 22.8 Å². The van der Waals surface area contributed by atoms with Gasteiger partial charge in [-0.05, 0) is 66.6 Å². The van der Waals surface area contributed by atoms with Crippen molar-refractivity contribution in [2.75, 3.05) is 13.2 Å². The molecule has 0 atom stereocenters. The fraction of sp³-hybridized carbons (Fsp3) is 0.200. The lowest BCUT2D eigenvalue weighted by atomic mass is 10.2. The van der Waals surface area contributed by atoms with Gasteiger partial charge in [-0.25, -0.2) is 4.98 Å². The smallest absolute Gasteiger partial charge is 0.489 e. The van der Waals surface area contributed by atoms with Gasteiger partial charge in [0.05, 0.1) is 11.0 Å². The molecule has 4 aromatic rings. The maximum Gasteiger partial charge on any atom is 0.573 e. The maximum absolute atomic E-state index is 12.3. The molecule has 2 N–H and O–H groups in total. The van der Waals surface area contributed by atoms with E-state index in [2.05, 4.69) is 15.0 Å². The Morgan fingerprint density at radius 1 is 1.00 bits per heavy atom. The minimum Gasteiger partial charge on any atom is -0.489 e. The quantitative estimate of drug-likeness (QED) is 0.338. The molecule has 182 valence electrons. The third-order valence-corrected chi connectivity index (χ3v) is 5.11. The number of hydrogen-bond donors (Lipinski definition) is 2. The highest BCUT2D eigenvalue weighted by atomic mass is 19.4. The number of aliphatic hydroxyl groups excluding tert-OH is 1. The molecule has 0 bridgehead atoms. The second-order valence-electron chi connectivity index (χ2n) is 7.63. The fourth-order valence-corrected chi connectivity index (χ4v) is 3.40. The zero-order chi connectivity index (χ0) is 24.8. The van der Waals surface area contributed by atoms with Crippen molar-refractivity contribution in [3.8, 4) is 17.2 Å². The van der Waals surface area contributed by atoms with Crippen LogP contribution in [-0.4, -0.2) is 40.1 Å². The van der Waals surface area contributed by atoms with Crippen LogP contribution in [0, 0.1) is 0 Å². The first-order chi connectivity index (χ1) is 16.8. The number of halogens is 3. The Morgan fingerprint density at radius 3 is 2.40 bits per heavy atom. The van der Waals surface area contributed by atoms with Crippen LogP contribution in [-0.2, 0) is 6.61 Å². The van der Waals surface area contributed by atoms with Gasteiger partial charge in [-0.15, -0.1) is 13.2 Å². The number of carbonyl (C=O) groups excluding carboxylic acids is 1. The highest BCUT2D eigenvalue weighted by Crippen LogP contribution is 2.24. The van der Waals surface area contributed by atoms with Crippen molar-refractivity contribution < 1.29 is 32.5 Å². The van der Waals surface area contributed by atoms with Gasteiger partial charge in [0.1, 0.15) is 24.4 Å². The summed E-state index contributed by atoms with van der Waals surface area (Å²) in [6, 6.07) is 18.0. The molecule has 0 radical (unpaired) electrons. The minimum atomic E-state index is -4.72. The monoisotopic (exact) mass is 485 g/mol. The van der Waals surface area contributed by atoms with Crippen molar-refractivity contribution in [1.29, 1.82) is 0 Å². The van der Waals surface area contributed by atoms with E-state index in [9.17, 15) is 18.0 Å². The normalized spacial score (nSPS) is 11.4. The van der Waals surface area contributed by atoms with E-state index >= 15 is 0 Å². The molecule has 0 spiro atoms. The SMILES string of the molecule is O=C(NCCCO)c1ccc2c(c1)ncn2-c1ccc(OCc2ccc(OC(F)(F)F)cc2)cc1. The van der Waals surface area contributed by atoms with Gasteiger partial charge >= 0.3 is 6.36 Å². The third-order valence-electron chi connectivity index (χ3n) is 5.11. The summed E-state index contributed by atoms with van der Waals surface area (Å²) in [7, 11) is 0. The first-order valence-corrected chi connectivity index (χ1v) is 10.8. The van der Waals surface area contributed by atoms with Crippen LogP contribution in [0.2, 0.25) is 0 Å². The van der Waals surface area contributed by atoms with Crippen LogP contribution in [0.4, 0.5) is 13.2 Å². The topological polar surface area (TPSA) is 85.6 Å². The minimum absolute atomic E-state index is 0.0153. The number of carbonyl (C=O) groups is 1. The molecule has 0 fully saturated rings. The number of fused-ring (bicyclic) bond motifs is 1. The number of hydrogen-bond acceptors (Lipinski definition) is 5. The van der Waals surface area contributed by atoms with Crippen molar-refractivity contribution in [1.82, 2.24) is 14.9 Å². The average molecular weight is 485 g/mol. The molecule has 1 amide bonds. The lowest BCUT2D eigenvalue weighted by Crippen LogP contribution is -2.24. The van der Waals surface area contributed by atoms with Crippen LogP contribution < -0.4 is 14.8 Å². The molecule has 0 aliphatic rings. The second-order valence-corrected chi connectivity index (χ2v) is 7.63. The molecule has 35 heavy (non-hydrogen) atoms. The van der Waals surface area contributed by atoms with Gasteiger partial charge in [0, 0.05) is 24.4 Å². The molecule has 0 saturated carbocycles. The summed E-state index contributed by atoms with van der Waals surface area (Å²) < 4.78 is 48.2. The fourth-order valence-electron chi connectivity index (χ4n) is 3.40. The molecule has 0 unspecified atom stereocenters. The van der Waals surface area contributed by atoms with Crippen LogP contribution in [0.3, 0.4) is 0 Å². The number of imidazole rings is 1. The standard InChI is InChI=1S/C25H22F3N3O4/c26-25(27,28)35-21-7-2-17(3-8-21)15-34-20-9-5-19(6-10-20)31-16-30-22-14-18(4-11-23(22)31)24(33)29-12-1-13-32/h2-11,14,16,32H,1,12-13,15H2,(H,29,33). The summed E-state index contributed by atoms with van der Waals surface area (Å²) in [6.45, 7) is 0.595. The molecular weight excluding hydrogens is 463 g/mol. The summed E-state index contributed by atoms with van der Waals surface area (Å²) in [5.74, 6) is 0.0853. The number of amides is 1. The maximum atomic E-state index is 12.3. The van der Waals surface area contributed by atoms with E-state index in [4.69, 9.17) is 9.84 Å². The zero-order valence-electron chi connectivity index (χ0n) is 18.5. The zero-order valence-corrected chi connectivity index (χ0v) is 18.5. The number of nitrogens with zero attached hydrogens (tertiary/aromatic N) is 2. The first kappa shape index (κ1) is 24.1. The first-order valence-electron chi connectivity index (χ1n) is 10.8. The van der Waals surface area contributed by atoms with Crippen molar-refractivity contribution in [3.05, 3.63) is 84.2 Å². The summed E-state index contributed by atoms with van der Waals surface area (Å²) in [5.41, 5.74) is 3.52. The van der Waals surface area contributed by atoms with Crippen LogP contribution in [0.1, 0.15) is 22.3 Å². The lowest BCUT2D eigenvalue weighted by molar-refractivity contribution is -0.274. The molecule has 7 nitrogen and oxygen atoms in total. The molecule has 0 aliphatic heterocycles. The third kappa shape index (κ3) is 6.30. The predicted molar refractivity (Wildman–Crippen MR) is 123 cm³/mol. The van der Waals surface area contributed by atoms with Crippen LogP contribution in [0.5, 0.6) is 11.5 Å². The van der Waals surface area contributed by atoms with Crippen LogP contribution >= 0.6 is 0 Å². The van der Waals surface area contributed by atoms with Gasteiger partial charge < -0.3 is 19.9 Å². The Hall–Kier alpha value is -4.05. The van der Waals surface area contributed by atoms with Gasteiger partial charge in [0.25, 0.3) is 5.91 Å². The Labute approximate surface area is 198 Å². The van der Waals surface area contributed by atoms with E-state index in [1.54, 1.807) is 30.6 Å². The van der Waals surface area contributed by atoms with Gasteiger partial charge in [0.15, 0.2) is 0 Å². The number of aliphatic hydroxyl groups is 1. The largest absolute Gasteiger partial charge is 0.573 e. The van der Waals surface area contributed by atoms with Crippen molar-refractivity contribution in [2.45, 2.75) is 19.4 Å². The lowest BCUT2D eigenvalue weighted by Gasteiger charge is -2.11.